The third-order valence-electron chi connectivity index (χ3n) is 7.00. The summed E-state index contributed by atoms with van der Waals surface area (Å²) in [6, 6.07) is 9.39. The topological polar surface area (TPSA) is 30.3 Å². The lowest BCUT2D eigenvalue weighted by atomic mass is 10.0. The maximum absolute atomic E-state index is 13.2. The number of halogens is 6. The number of piperidine rings is 1. The third-order valence-corrected chi connectivity index (χ3v) is 7.00. The molecule has 0 N–H and O–H groups in total. The Bertz CT molecular complexity index is 1190. The molecule has 0 amide bonds. The number of rotatable bonds is 6. The molecular weight excluding hydrogens is 460 g/mol. The molecule has 2 heterocycles. The van der Waals surface area contributed by atoms with Gasteiger partial charge >= 0.3 is 12.4 Å². The molecule has 1 aliphatic heterocycles. The Morgan fingerprint density at radius 3 is 2.32 bits per heavy atom. The number of aromatic nitrogens is 2. The van der Waals surface area contributed by atoms with Gasteiger partial charge in [0.15, 0.2) is 0 Å². The summed E-state index contributed by atoms with van der Waals surface area (Å²) in [5.41, 5.74) is -0.675. The van der Waals surface area contributed by atoms with Crippen molar-refractivity contribution in [3.05, 3.63) is 65.0 Å². The molecule has 1 aliphatic carbocycles. The summed E-state index contributed by atoms with van der Waals surface area (Å²) >= 11 is 0. The van der Waals surface area contributed by atoms with Crippen LogP contribution in [0.5, 0.6) is 0 Å². The van der Waals surface area contributed by atoms with Crippen molar-refractivity contribution < 1.29 is 31.1 Å². The number of likely N-dealkylation sites (tertiary alicyclic amines) is 1. The lowest BCUT2D eigenvalue weighted by molar-refractivity contribution is -0.142. The van der Waals surface area contributed by atoms with Gasteiger partial charge < -0.3 is 9.30 Å². The normalized spacial score (nSPS) is 23.0. The SMILES string of the molecule is Cn1c(CN2C[C@@H]3[C@@H](COCc4cc(C(F)(F)F)ccc4C(F)(F)F)[C@@H]3C2)nc2ccccc21. The molecule has 0 spiro atoms. The fraction of sp³-hybridized carbons (Fsp3) is 0.458. The first-order chi connectivity index (χ1) is 16.0. The van der Waals surface area contributed by atoms with E-state index in [0.29, 0.717) is 36.6 Å². The molecule has 1 saturated heterocycles. The second kappa shape index (κ2) is 8.27. The van der Waals surface area contributed by atoms with Gasteiger partial charge in [-0.15, -0.1) is 0 Å². The summed E-state index contributed by atoms with van der Waals surface area (Å²) in [7, 11) is 1.99. The standard InChI is InChI=1S/C24H23F6N3O/c1-32-21-5-3-2-4-20(21)31-22(32)11-33-9-16-17(10-33)18(16)13-34-12-14-8-15(23(25,26)27)6-7-19(14)24(28,29)30/h2-8,16-18H,9-13H2,1H3/t16-,17+,18+. The number of ether oxygens (including phenoxy) is 1. The average Bonchev–Trinajstić information content (AvgIpc) is 3.08. The zero-order valence-corrected chi connectivity index (χ0v) is 18.3. The summed E-state index contributed by atoms with van der Waals surface area (Å²) < 4.78 is 86.1. The summed E-state index contributed by atoms with van der Waals surface area (Å²) in [6.45, 7) is 2.14. The summed E-state index contributed by atoms with van der Waals surface area (Å²) in [5.74, 6) is 1.97. The van der Waals surface area contributed by atoms with E-state index in [1.165, 1.54) is 0 Å². The van der Waals surface area contributed by atoms with E-state index in [9.17, 15) is 26.3 Å². The first-order valence-electron chi connectivity index (χ1n) is 11.0. The van der Waals surface area contributed by atoms with E-state index < -0.39 is 35.6 Å². The maximum atomic E-state index is 13.2. The highest BCUT2D eigenvalue weighted by molar-refractivity contribution is 5.75. The minimum absolute atomic E-state index is 0.219. The predicted octanol–water partition coefficient (Wildman–Crippen LogP) is 5.51. The van der Waals surface area contributed by atoms with Crippen LogP contribution in [-0.4, -0.2) is 34.1 Å². The molecule has 10 heteroatoms. The highest BCUT2D eigenvalue weighted by Crippen LogP contribution is 2.52. The van der Waals surface area contributed by atoms with E-state index in [1.807, 2.05) is 31.3 Å². The van der Waals surface area contributed by atoms with E-state index in [-0.39, 0.29) is 12.5 Å². The van der Waals surface area contributed by atoms with E-state index in [1.54, 1.807) is 0 Å². The smallest absolute Gasteiger partial charge is 0.376 e. The number of para-hydroxylation sites is 2. The highest BCUT2D eigenvalue weighted by Gasteiger charge is 2.55. The molecule has 0 bridgehead atoms. The van der Waals surface area contributed by atoms with E-state index >= 15 is 0 Å². The minimum atomic E-state index is -4.74. The Kier molecular flexibility index (Phi) is 5.63. The Morgan fingerprint density at radius 1 is 0.971 bits per heavy atom. The molecule has 3 atom stereocenters. The van der Waals surface area contributed by atoms with Gasteiger partial charge in [-0.1, -0.05) is 12.1 Å². The largest absolute Gasteiger partial charge is 0.416 e. The molecule has 1 aromatic heterocycles. The molecule has 0 unspecified atom stereocenters. The molecule has 3 aromatic rings. The number of imidazole rings is 1. The van der Waals surface area contributed by atoms with Crippen LogP contribution < -0.4 is 0 Å². The van der Waals surface area contributed by atoms with Crippen LogP contribution in [0.25, 0.3) is 11.0 Å². The van der Waals surface area contributed by atoms with Crippen molar-refractivity contribution in [1.29, 1.82) is 0 Å². The maximum Gasteiger partial charge on any atom is 0.416 e. The molecule has 34 heavy (non-hydrogen) atoms. The van der Waals surface area contributed by atoms with Gasteiger partial charge in [0, 0.05) is 20.1 Å². The molecule has 5 rings (SSSR count). The van der Waals surface area contributed by atoms with Gasteiger partial charge in [-0.25, -0.2) is 4.98 Å². The Balaban J connectivity index is 1.16. The Hall–Kier alpha value is -2.59. The zero-order valence-electron chi connectivity index (χ0n) is 18.3. The van der Waals surface area contributed by atoms with Crippen LogP contribution in [0.15, 0.2) is 42.5 Å². The lowest BCUT2D eigenvalue weighted by Crippen LogP contribution is -2.26. The number of nitrogens with zero attached hydrogens (tertiary/aromatic N) is 3. The number of fused-ring (bicyclic) bond motifs is 2. The quantitative estimate of drug-likeness (QED) is 0.434. The average molecular weight is 483 g/mol. The zero-order chi connectivity index (χ0) is 24.3. The Morgan fingerprint density at radius 2 is 1.68 bits per heavy atom. The number of benzene rings is 2. The van der Waals surface area contributed by atoms with Crippen molar-refractivity contribution in [3.8, 4) is 0 Å². The van der Waals surface area contributed by atoms with Crippen molar-refractivity contribution >= 4 is 11.0 Å². The van der Waals surface area contributed by atoms with Gasteiger partial charge in [0.1, 0.15) is 5.82 Å². The first kappa shape index (κ1) is 23.2. The summed E-state index contributed by atoms with van der Waals surface area (Å²) in [4.78, 5) is 7.00. The number of hydrogen-bond donors (Lipinski definition) is 0. The van der Waals surface area contributed by atoms with E-state index in [4.69, 9.17) is 9.72 Å². The van der Waals surface area contributed by atoms with E-state index in [2.05, 4.69) is 9.47 Å². The van der Waals surface area contributed by atoms with Crippen LogP contribution >= 0.6 is 0 Å². The molecule has 2 fully saturated rings. The number of hydrogen-bond acceptors (Lipinski definition) is 3. The van der Waals surface area contributed by atoms with Crippen molar-refractivity contribution in [1.82, 2.24) is 14.5 Å². The van der Waals surface area contributed by atoms with Crippen LogP contribution in [0.1, 0.15) is 22.5 Å². The van der Waals surface area contributed by atoms with Gasteiger partial charge in [-0.05, 0) is 53.6 Å². The molecule has 182 valence electrons. The van der Waals surface area contributed by atoms with Crippen molar-refractivity contribution in [2.75, 3.05) is 19.7 Å². The van der Waals surface area contributed by atoms with Gasteiger partial charge in [0.2, 0.25) is 0 Å². The highest BCUT2D eigenvalue weighted by atomic mass is 19.4. The summed E-state index contributed by atoms with van der Waals surface area (Å²) in [5, 5.41) is 0. The second-order valence-electron chi connectivity index (χ2n) is 9.14. The minimum Gasteiger partial charge on any atom is -0.376 e. The fourth-order valence-corrected chi connectivity index (χ4v) is 5.12. The molecule has 0 radical (unpaired) electrons. The molecule has 2 aliphatic rings. The summed E-state index contributed by atoms with van der Waals surface area (Å²) in [6.07, 6.45) is -9.45. The van der Waals surface area contributed by atoms with Crippen molar-refractivity contribution in [2.24, 2.45) is 24.8 Å². The van der Waals surface area contributed by atoms with E-state index in [0.717, 1.165) is 29.9 Å². The van der Waals surface area contributed by atoms with Crippen LogP contribution in [-0.2, 0) is 37.3 Å². The van der Waals surface area contributed by atoms with Gasteiger partial charge in [-0.2, -0.15) is 26.3 Å². The van der Waals surface area contributed by atoms with Crippen LogP contribution in [0.3, 0.4) is 0 Å². The van der Waals surface area contributed by atoms with Gasteiger partial charge in [0.25, 0.3) is 0 Å². The molecule has 1 saturated carbocycles. The first-order valence-corrected chi connectivity index (χ1v) is 11.0. The monoisotopic (exact) mass is 483 g/mol. The van der Waals surface area contributed by atoms with Crippen LogP contribution in [0, 0.1) is 17.8 Å². The van der Waals surface area contributed by atoms with Crippen molar-refractivity contribution in [3.63, 3.8) is 0 Å². The molecule has 2 aromatic carbocycles. The van der Waals surface area contributed by atoms with Crippen LogP contribution in [0.2, 0.25) is 0 Å². The molecule has 4 nitrogen and oxygen atoms in total. The van der Waals surface area contributed by atoms with Crippen molar-refractivity contribution in [2.45, 2.75) is 25.5 Å². The van der Waals surface area contributed by atoms with Crippen LogP contribution in [0.4, 0.5) is 26.3 Å². The predicted molar refractivity (Wildman–Crippen MR) is 113 cm³/mol. The van der Waals surface area contributed by atoms with Gasteiger partial charge in [0.05, 0.1) is 41.9 Å². The third kappa shape index (κ3) is 4.40. The molecular formula is C24H23F6N3O. The lowest BCUT2D eigenvalue weighted by Gasteiger charge is -2.19. The fourth-order valence-electron chi connectivity index (χ4n) is 5.12. The van der Waals surface area contributed by atoms with Gasteiger partial charge in [-0.3, -0.25) is 4.90 Å². The number of alkyl halides is 6. The second-order valence-corrected chi connectivity index (χ2v) is 9.14. The Labute approximate surface area is 192 Å². The number of aryl methyl sites for hydroxylation is 1.